The van der Waals surface area contributed by atoms with Gasteiger partial charge in [-0.25, -0.2) is 0 Å². The number of aromatic hydroxyl groups is 1. The first-order valence-corrected chi connectivity index (χ1v) is 13.8. The number of nitrogens with one attached hydrogen (secondary N) is 1. The number of fused-ring (bicyclic) bond motifs is 3. The van der Waals surface area contributed by atoms with Crippen LogP contribution in [0.1, 0.15) is 51.2 Å². The average molecular weight is 585 g/mol. The van der Waals surface area contributed by atoms with Crippen molar-refractivity contribution in [3.05, 3.63) is 34.1 Å². The number of hydrogen-bond donors (Lipinski definition) is 6. The standard InChI is InChI=1S/C30H40N4O8/c1-29(2,3)9-8-18(35)32-16-12-17(33(4)5)14-10-13-11-15-22(34(6)7)25(38)21(28(31)41)27(40)30(15,42)26(39)19(13)24(37)20(14)23(16)36/h12-13,15,22,36-37,40,42H,8-11H2,1-7H3,(H2,31,41)(H,32,35). The van der Waals surface area contributed by atoms with Gasteiger partial charge < -0.3 is 36.4 Å². The van der Waals surface area contributed by atoms with Gasteiger partial charge in [-0.15, -0.1) is 0 Å². The second-order valence-electron chi connectivity index (χ2n) is 13.1. The summed E-state index contributed by atoms with van der Waals surface area (Å²) in [5.41, 5.74) is 2.49. The number of nitrogens with zero attached hydrogens (tertiary/aromatic N) is 2. The first-order chi connectivity index (χ1) is 19.3. The summed E-state index contributed by atoms with van der Waals surface area (Å²) in [6, 6.07) is 0.443. The number of Topliss-reactive ketones (excluding diaryl/α,β-unsaturated/α-hetero) is 2. The topological polar surface area (TPSA) is 194 Å². The van der Waals surface area contributed by atoms with E-state index in [2.05, 4.69) is 5.32 Å². The molecule has 4 unspecified atom stereocenters. The molecule has 228 valence electrons. The summed E-state index contributed by atoms with van der Waals surface area (Å²) in [4.78, 5) is 55.4. The Morgan fingerprint density at radius 1 is 1.12 bits per heavy atom. The smallest absolute Gasteiger partial charge is 0.255 e. The Morgan fingerprint density at radius 3 is 2.26 bits per heavy atom. The Kier molecular flexibility index (Phi) is 7.71. The summed E-state index contributed by atoms with van der Waals surface area (Å²) < 4.78 is 0. The summed E-state index contributed by atoms with van der Waals surface area (Å²) in [5, 5.41) is 48.4. The maximum Gasteiger partial charge on any atom is 0.255 e. The lowest BCUT2D eigenvalue weighted by Crippen LogP contribution is -2.65. The van der Waals surface area contributed by atoms with Gasteiger partial charge in [-0.2, -0.15) is 0 Å². The number of carbonyl (C=O) groups excluding carboxylic acids is 4. The first-order valence-electron chi connectivity index (χ1n) is 13.8. The number of primary amides is 1. The van der Waals surface area contributed by atoms with Gasteiger partial charge in [0.1, 0.15) is 22.8 Å². The van der Waals surface area contributed by atoms with E-state index < -0.39 is 63.8 Å². The number of likely N-dealkylation sites (N-methyl/N-ethyl adjacent to an activating group) is 1. The Hall–Kier alpha value is -3.90. The second kappa shape index (κ2) is 10.4. The normalized spacial score (nSPS) is 25.7. The molecule has 0 spiro atoms. The molecule has 1 aromatic rings. The van der Waals surface area contributed by atoms with Crippen LogP contribution in [-0.4, -0.2) is 88.5 Å². The number of aliphatic hydroxyl groups excluding tert-OH is 2. The van der Waals surface area contributed by atoms with Crippen LogP contribution in [0.5, 0.6) is 5.75 Å². The average Bonchev–Trinajstić information content (AvgIpc) is 2.85. The lowest BCUT2D eigenvalue weighted by molar-refractivity contribution is -0.153. The largest absolute Gasteiger partial charge is 0.508 e. The maximum atomic E-state index is 14.1. The number of benzene rings is 1. The summed E-state index contributed by atoms with van der Waals surface area (Å²) in [7, 11) is 6.61. The maximum absolute atomic E-state index is 14.1. The molecule has 1 aromatic carbocycles. The van der Waals surface area contributed by atoms with Gasteiger partial charge in [0.25, 0.3) is 5.91 Å². The van der Waals surface area contributed by atoms with Crippen molar-refractivity contribution in [2.75, 3.05) is 38.4 Å². The van der Waals surface area contributed by atoms with Gasteiger partial charge in [-0.05, 0) is 56.3 Å². The van der Waals surface area contributed by atoms with Crippen molar-refractivity contribution in [3.63, 3.8) is 0 Å². The van der Waals surface area contributed by atoms with Gasteiger partial charge in [-0.3, -0.25) is 24.1 Å². The van der Waals surface area contributed by atoms with Gasteiger partial charge in [-0.1, -0.05) is 20.8 Å². The van der Waals surface area contributed by atoms with Crippen LogP contribution in [0.25, 0.3) is 5.76 Å². The molecule has 0 bridgehead atoms. The monoisotopic (exact) mass is 584 g/mol. The molecule has 0 saturated heterocycles. The number of nitrogens with two attached hydrogens (primary N) is 1. The Labute approximate surface area is 244 Å². The van der Waals surface area contributed by atoms with Crippen molar-refractivity contribution in [1.82, 2.24) is 4.90 Å². The number of phenolic OH excluding ortho intramolecular Hbond substituents is 1. The minimum atomic E-state index is -2.72. The molecular weight excluding hydrogens is 544 g/mol. The minimum Gasteiger partial charge on any atom is -0.508 e. The number of hydrogen-bond acceptors (Lipinski definition) is 10. The molecule has 12 nitrogen and oxygen atoms in total. The highest BCUT2D eigenvalue weighted by atomic mass is 16.3. The highest BCUT2D eigenvalue weighted by Crippen LogP contribution is 2.54. The SMILES string of the molecule is CN(C)c1cc(NC(=O)CCC(C)(C)C)c(O)c2c1CC1CC3C(N(C)C)C(=O)C(C(N)=O)=C(O)C3(O)C(=O)C1=C2O. The number of phenols is 1. The molecule has 0 aromatic heterocycles. The molecule has 2 amide bonds. The molecule has 42 heavy (non-hydrogen) atoms. The number of ketones is 2. The van der Waals surface area contributed by atoms with Crippen LogP contribution in [0.2, 0.25) is 0 Å². The molecule has 0 heterocycles. The molecule has 12 heteroatoms. The van der Waals surface area contributed by atoms with E-state index in [9.17, 15) is 39.6 Å². The summed E-state index contributed by atoms with van der Waals surface area (Å²) in [6.07, 6.45) is 0.925. The zero-order valence-electron chi connectivity index (χ0n) is 25.0. The molecule has 3 aliphatic carbocycles. The molecule has 3 aliphatic rings. The van der Waals surface area contributed by atoms with Gasteiger partial charge in [0, 0.05) is 37.7 Å². The second-order valence-corrected chi connectivity index (χ2v) is 13.1. The van der Waals surface area contributed by atoms with Crippen LogP contribution in [0.15, 0.2) is 23.0 Å². The minimum absolute atomic E-state index is 0.00924. The highest BCUT2D eigenvalue weighted by Gasteiger charge is 2.64. The molecule has 4 rings (SSSR count). The predicted molar refractivity (Wildman–Crippen MR) is 156 cm³/mol. The Balaban J connectivity index is 1.89. The van der Waals surface area contributed by atoms with Gasteiger partial charge in [0.05, 0.1) is 17.3 Å². The van der Waals surface area contributed by atoms with Gasteiger partial charge in [0.2, 0.25) is 11.7 Å². The fraction of sp³-hybridized carbons (Fsp3) is 0.533. The van der Waals surface area contributed by atoms with E-state index in [0.29, 0.717) is 17.7 Å². The molecule has 4 atom stereocenters. The van der Waals surface area contributed by atoms with E-state index in [1.807, 2.05) is 20.8 Å². The summed E-state index contributed by atoms with van der Waals surface area (Å²) in [6.45, 7) is 6.01. The molecule has 0 radical (unpaired) electrons. The van der Waals surface area contributed by atoms with Crippen LogP contribution < -0.4 is 16.0 Å². The fourth-order valence-corrected chi connectivity index (χ4v) is 6.49. The summed E-state index contributed by atoms with van der Waals surface area (Å²) in [5.74, 6) is -7.59. The Bertz CT molecular complexity index is 1450. The van der Waals surface area contributed by atoms with Crippen LogP contribution in [0.4, 0.5) is 11.4 Å². The van der Waals surface area contributed by atoms with E-state index in [-0.39, 0.29) is 47.4 Å². The molecule has 1 saturated carbocycles. The first kappa shape index (κ1) is 31.0. The van der Waals surface area contributed by atoms with Gasteiger partial charge >= 0.3 is 0 Å². The van der Waals surface area contributed by atoms with E-state index in [1.54, 1.807) is 39.2 Å². The molecule has 7 N–H and O–H groups in total. The van der Waals surface area contributed by atoms with Crippen molar-refractivity contribution < 1.29 is 39.6 Å². The van der Waals surface area contributed by atoms with Crippen LogP contribution in [0.3, 0.4) is 0 Å². The van der Waals surface area contributed by atoms with Crippen molar-refractivity contribution in [3.8, 4) is 5.75 Å². The number of rotatable bonds is 6. The molecule has 0 aliphatic heterocycles. The third-order valence-electron chi connectivity index (χ3n) is 8.56. The number of aliphatic hydroxyl groups is 3. The van der Waals surface area contributed by atoms with Gasteiger partial charge in [0.15, 0.2) is 11.4 Å². The van der Waals surface area contributed by atoms with E-state index >= 15 is 0 Å². The number of amides is 2. The quantitative estimate of drug-likeness (QED) is 0.212. The third-order valence-corrected chi connectivity index (χ3v) is 8.56. The van der Waals surface area contributed by atoms with Crippen molar-refractivity contribution >= 4 is 40.5 Å². The molecular formula is C30H40N4O8. The predicted octanol–water partition coefficient (Wildman–Crippen LogP) is 1.79. The molecule has 1 fully saturated rings. The van der Waals surface area contributed by atoms with Crippen molar-refractivity contribution in [1.29, 1.82) is 0 Å². The van der Waals surface area contributed by atoms with Crippen LogP contribution in [-0.2, 0) is 25.6 Å². The van der Waals surface area contributed by atoms with Crippen LogP contribution >= 0.6 is 0 Å². The van der Waals surface area contributed by atoms with E-state index in [4.69, 9.17) is 5.73 Å². The Morgan fingerprint density at radius 2 is 1.74 bits per heavy atom. The van der Waals surface area contributed by atoms with E-state index in [1.165, 1.54) is 4.90 Å². The lowest BCUT2D eigenvalue weighted by atomic mass is 9.57. The summed E-state index contributed by atoms with van der Waals surface area (Å²) >= 11 is 0. The number of carbonyl (C=O) groups is 4. The highest BCUT2D eigenvalue weighted by molar-refractivity contribution is 6.24. The van der Waals surface area contributed by atoms with E-state index in [0.717, 1.165) is 0 Å². The fourth-order valence-electron chi connectivity index (χ4n) is 6.49. The van der Waals surface area contributed by atoms with Crippen LogP contribution in [0, 0.1) is 17.3 Å². The zero-order chi connectivity index (χ0) is 31.6. The lowest BCUT2D eigenvalue weighted by Gasteiger charge is -2.50. The number of anilines is 2. The van der Waals surface area contributed by atoms with Crippen molar-refractivity contribution in [2.45, 2.75) is 58.1 Å². The zero-order valence-corrected chi connectivity index (χ0v) is 25.0. The third kappa shape index (κ3) is 4.82. The van der Waals surface area contributed by atoms with Crippen molar-refractivity contribution in [2.24, 2.45) is 23.0 Å².